The normalized spacial score (nSPS) is 19.0. The van der Waals surface area contributed by atoms with Crippen LogP contribution < -0.4 is 4.74 Å². The first-order chi connectivity index (χ1) is 8.69. The van der Waals surface area contributed by atoms with E-state index in [9.17, 15) is 9.90 Å². The molecule has 1 saturated heterocycles. The standard InChI is InChI=1S/C13H17NO4/c1-17-12-5-2-10(3-6-12)4-7-13(16)14-8-11(15)9-18-14/h2-3,5-6,11,15H,4,7-9H2,1H3/t11-/m0/s1. The van der Waals surface area contributed by atoms with Gasteiger partial charge in [-0.15, -0.1) is 0 Å². The number of aryl methyl sites for hydroxylation is 1. The molecule has 1 aromatic rings. The third-order valence-corrected chi connectivity index (χ3v) is 2.86. The predicted molar refractivity (Wildman–Crippen MR) is 65.0 cm³/mol. The van der Waals surface area contributed by atoms with Crippen molar-refractivity contribution in [3.63, 3.8) is 0 Å². The van der Waals surface area contributed by atoms with Crippen LogP contribution in [0.4, 0.5) is 0 Å². The van der Waals surface area contributed by atoms with Crippen molar-refractivity contribution in [2.45, 2.75) is 18.9 Å². The smallest absolute Gasteiger partial charge is 0.246 e. The Balaban J connectivity index is 1.81. The quantitative estimate of drug-likeness (QED) is 0.858. The number of β-amino-alcohol motifs (C(OH)–C–C–N with tert-alkyl or cyclic N) is 1. The molecule has 1 atom stereocenters. The second kappa shape index (κ2) is 5.84. The highest BCUT2D eigenvalue weighted by molar-refractivity contribution is 5.75. The summed E-state index contributed by atoms with van der Waals surface area (Å²) in [7, 11) is 1.62. The Morgan fingerprint density at radius 2 is 2.22 bits per heavy atom. The van der Waals surface area contributed by atoms with Crippen LogP contribution in [0.5, 0.6) is 5.75 Å². The number of ether oxygens (including phenoxy) is 1. The van der Waals surface area contributed by atoms with Gasteiger partial charge in [0.1, 0.15) is 12.4 Å². The van der Waals surface area contributed by atoms with Crippen LogP contribution in [-0.2, 0) is 16.1 Å². The van der Waals surface area contributed by atoms with Gasteiger partial charge in [-0.25, -0.2) is 5.06 Å². The third kappa shape index (κ3) is 3.21. The second-order valence-electron chi connectivity index (χ2n) is 4.25. The minimum Gasteiger partial charge on any atom is -0.497 e. The van der Waals surface area contributed by atoms with Crippen LogP contribution in [0.2, 0.25) is 0 Å². The Hall–Kier alpha value is -1.59. The van der Waals surface area contributed by atoms with Crippen LogP contribution in [0.3, 0.4) is 0 Å². The van der Waals surface area contributed by atoms with Crippen LogP contribution in [0, 0.1) is 0 Å². The van der Waals surface area contributed by atoms with E-state index in [1.165, 1.54) is 5.06 Å². The minimum atomic E-state index is -0.560. The van der Waals surface area contributed by atoms with Gasteiger partial charge in [0.2, 0.25) is 5.91 Å². The molecule has 1 aliphatic heterocycles. The van der Waals surface area contributed by atoms with Crippen molar-refractivity contribution in [1.82, 2.24) is 5.06 Å². The maximum Gasteiger partial charge on any atom is 0.246 e. The van der Waals surface area contributed by atoms with Gasteiger partial charge in [-0.2, -0.15) is 0 Å². The SMILES string of the molecule is COc1ccc(CCC(=O)N2C[C@H](O)CO2)cc1. The van der Waals surface area contributed by atoms with Crippen LogP contribution in [-0.4, -0.2) is 42.4 Å². The van der Waals surface area contributed by atoms with Crippen molar-refractivity contribution < 1.29 is 19.5 Å². The van der Waals surface area contributed by atoms with Crippen molar-refractivity contribution in [3.8, 4) is 5.75 Å². The average molecular weight is 251 g/mol. The largest absolute Gasteiger partial charge is 0.497 e. The molecule has 1 aromatic carbocycles. The molecular weight excluding hydrogens is 234 g/mol. The van der Waals surface area contributed by atoms with Gasteiger partial charge in [0, 0.05) is 6.42 Å². The molecule has 1 N–H and O–H groups in total. The van der Waals surface area contributed by atoms with E-state index in [1.54, 1.807) is 7.11 Å². The maximum atomic E-state index is 11.8. The molecule has 1 fully saturated rings. The van der Waals surface area contributed by atoms with E-state index < -0.39 is 6.10 Å². The summed E-state index contributed by atoms with van der Waals surface area (Å²) in [6.45, 7) is 0.468. The van der Waals surface area contributed by atoms with E-state index in [4.69, 9.17) is 9.57 Å². The molecule has 5 heteroatoms. The highest BCUT2D eigenvalue weighted by Crippen LogP contribution is 2.14. The zero-order chi connectivity index (χ0) is 13.0. The summed E-state index contributed by atoms with van der Waals surface area (Å²) in [5, 5.41) is 10.5. The number of methoxy groups -OCH3 is 1. The highest BCUT2D eigenvalue weighted by Gasteiger charge is 2.25. The Kier molecular flexibility index (Phi) is 4.17. The van der Waals surface area contributed by atoms with E-state index in [-0.39, 0.29) is 19.1 Å². The van der Waals surface area contributed by atoms with E-state index in [0.717, 1.165) is 11.3 Å². The Morgan fingerprint density at radius 1 is 1.50 bits per heavy atom. The zero-order valence-corrected chi connectivity index (χ0v) is 10.3. The summed E-state index contributed by atoms with van der Waals surface area (Å²) in [5.74, 6) is 0.707. The summed E-state index contributed by atoms with van der Waals surface area (Å²) in [6, 6.07) is 7.61. The fourth-order valence-electron chi connectivity index (χ4n) is 1.81. The number of nitrogens with zero attached hydrogens (tertiary/aromatic N) is 1. The predicted octanol–water partition coefficient (Wildman–Crippen LogP) is 0.762. The summed E-state index contributed by atoms with van der Waals surface area (Å²) in [4.78, 5) is 16.8. The first-order valence-electron chi connectivity index (χ1n) is 5.93. The summed E-state index contributed by atoms with van der Waals surface area (Å²) < 4.78 is 5.06. The van der Waals surface area contributed by atoms with E-state index >= 15 is 0 Å². The molecule has 0 aromatic heterocycles. The number of benzene rings is 1. The van der Waals surface area contributed by atoms with Gasteiger partial charge in [0.05, 0.1) is 19.8 Å². The molecule has 5 nitrogen and oxygen atoms in total. The van der Waals surface area contributed by atoms with Crippen molar-refractivity contribution in [2.24, 2.45) is 0 Å². The molecule has 1 amide bonds. The van der Waals surface area contributed by atoms with E-state index in [2.05, 4.69) is 0 Å². The Bertz CT molecular complexity index is 404. The van der Waals surface area contributed by atoms with E-state index in [0.29, 0.717) is 12.8 Å². The number of rotatable bonds is 4. The minimum absolute atomic E-state index is 0.0950. The van der Waals surface area contributed by atoms with Gasteiger partial charge in [-0.1, -0.05) is 12.1 Å². The lowest BCUT2D eigenvalue weighted by atomic mass is 10.1. The van der Waals surface area contributed by atoms with Crippen molar-refractivity contribution >= 4 is 5.91 Å². The van der Waals surface area contributed by atoms with Crippen molar-refractivity contribution in [3.05, 3.63) is 29.8 Å². The molecule has 98 valence electrons. The molecule has 1 aliphatic rings. The van der Waals surface area contributed by atoms with Crippen molar-refractivity contribution in [1.29, 1.82) is 0 Å². The lowest BCUT2D eigenvalue weighted by Crippen LogP contribution is -2.28. The highest BCUT2D eigenvalue weighted by atomic mass is 16.7. The zero-order valence-electron chi connectivity index (χ0n) is 10.3. The van der Waals surface area contributed by atoms with Gasteiger partial charge in [-0.05, 0) is 24.1 Å². The number of hydroxylamine groups is 2. The molecular formula is C13H17NO4. The van der Waals surface area contributed by atoms with Gasteiger partial charge in [0.15, 0.2) is 0 Å². The number of amides is 1. The lowest BCUT2D eigenvalue weighted by molar-refractivity contribution is -0.168. The maximum absolute atomic E-state index is 11.8. The topological polar surface area (TPSA) is 59.0 Å². The average Bonchev–Trinajstić information content (AvgIpc) is 2.83. The molecule has 0 radical (unpaired) electrons. The number of carbonyl (C=O) groups is 1. The first-order valence-corrected chi connectivity index (χ1v) is 5.93. The second-order valence-corrected chi connectivity index (χ2v) is 4.25. The lowest BCUT2D eigenvalue weighted by Gasteiger charge is -2.13. The van der Waals surface area contributed by atoms with Gasteiger partial charge in [-0.3, -0.25) is 9.63 Å². The van der Waals surface area contributed by atoms with E-state index in [1.807, 2.05) is 24.3 Å². The summed E-state index contributed by atoms with van der Waals surface area (Å²) >= 11 is 0. The molecule has 0 aliphatic carbocycles. The van der Waals surface area contributed by atoms with Gasteiger partial charge in [0.25, 0.3) is 0 Å². The molecule has 0 spiro atoms. The van der Waals surface area contributed by atoms with Crippen LogP contribution in [0.25, 0.3) is 0 Å². The van der Waals surface area contributed by atoms with Crippen LogP contribution >= 0.6 is 0 Å². The van der Waals surface area contributed by atoms with Gasteiger partial charge < -0.3 is 9.84 Å². The first kappa shape index (κ1) is 12.9. The Morgan fingerprint density at radius 3 is 2.78 bits per heavy atom. The number of hydrogen-bond acceptors (Lipinski definition) is 4. The molecule has 1 heterocycles. The molecule has 2 rings (SSSR count). The molecule has 0 saturated carbocycles. The number of aliphatic hydroxyl groups is 1. The van der Waals surface area contributed by atoms with Crippen molar-refractivity contribution in [2.75, 3.05) is 20.3 Å². The molecule has 18 heavy (non-hydrogen) atoms. The number of carbonyl (C=O) groups excluding carboxylic acids is 1. The van der Waals surface area contributed by atoms with Gasteiger partial charge >= 0.3 is 0 Å². The Labute approximate surface area is 106 Å². The summed E-state index contributed by atoms with van der Waals surface area (Å²) in [6.07, 6.45) is 0.465. The monoisotopic (exact) mass is 251 g/mol. The summed E-state index contributed by atoms with van der Waals surface area (Å²) in [5.41, 5.74) is 1.07. The number of hydrogen-bond donors (Lipinski definition) is 1. The van der Waals surface area contributed by atoms with Crippen LogP contribution in [0.15, 0.2) is 24.3 Å². The third-order valence-electron chi connectivity index (χ3n) is 2.86. The fourth-order valence-corrected chi connectivity index (χ4v) is 1.81. The molecule has 0 unspecified atom stereocenters. The molecule has 0 bridgehead atoms. The van der Waals surface area contributed by atoms with Crippen LogP contribution in [0.1, 0.15) is 12.0 Å². The fraction of sp³-hybridized carbons (Fsp3) is 0.462. The number of aliphatic hydroxyl groups excluding tert-OH is 1.